The van der Waals surface area contributed by atoms with Gasteiger partial charge in [-0.3, -0.25) is 9.59 Å². The second-order valence-corrected chi connectivity index (χ2v) is 15.2. The van der Waals surface area contributed by atoms with Crippen molar-refractivity contribution in [3.05, 3.63) is 0 Å². The summed E-state index contributed by atoms with van der Waals surface area (Å²) >= 11 is 0. The van der Waals surface area contributed by atoms with Crippen LogP contribution in [0.15, 0.2) is 0 Å². The van der Waals surface area contributed by atoms with E-state index in [0.717, 1.165) is 43.6 Å². The van der Waals surface area contributed by atoms with Gasteiger partial charge in [-0.05, 0) is 104 Å². The standard InChI is InChI=1S/C32H52N2O4/c1-19-9-14-32(37-18-19)20(2)29-26(38-32)16-25-23-8-7-21-15-22(33-27(35)17-28(36)34(5)6)10-12-30(21,3)24(23)11-13-31(25,29)4/h19-26,29H,7-18H2,1-6H3,(H,33,35)/t19-,20+,21+,22-,23-,24+,25+,26+,29+,30+,31+,32-/m1/s1. The molecule has 214 valence electrons. The third kappa shape index (κ3) is 4.09. The first-order chi connectivity index (χ1) is 18.0. The van der Waals surface area contributed by atoms with Crippen molar-refractivity contribution in [1.29, 1.82) is 0 Å². The zero-order valence-corrected chi connectivity index (χ0v) is 24.8. The highest BCUT2D eigenvalue weighted by Crippen LogP contribution is 2.71. The average molecular weight is 529 g/mol. The van der Waals surface area contributed by atoms with Gasteiger partial charge in [0.05, 0.1) is 12.7 Å². The zero-order chi connectivity index (χ0) is 27.0. The first kappa shape index (κ1) is 27.1. The number of fused-ring (bicyclic) bond motifs is 7. The zero-order valence-electron chi connectivity index (χ0n) is 24.8. The Morgan fingerprint density at radius 3 is 2.39 bits per heavy atom. The molecule has 0 aromatic carbocycles. The van der Waals surface area contributed by atoms with Gasteiger partial charge in [-0.25, -0.2) is 0 Å². The summed E-state index contributed by atoms with van der Waals surface area (Å²) in [6.07, 6.45) is 12.5. The van der Waals surface area contributed by atoms with Gasteiger partial charge in [0, 0.05) is 32.5 Å². The number of carbonyl (C=O) groups excluding carboxylic acids is 2. The molecule has 6 aliphatic rings. The van der Waals surface area contributed by atoms with Crippen molar-refractivity contribution in [3.8, 4) is 0 Å². The third-order valence-corrected chi connectivity index (χ3v) is 13.1. The summed E-state index contributed by atoms with van der Waals surface area (Å²) in [5.41, 5.74) is 0.744. The van der Waals surface area contributed by atoms with Gasteiger partial charge in [-0.2, -0.15) is 0 Å². The number of carbonyl (C=O) groups is 2. The number of nitrogens with one attached hydrogen (secondary N) is 1. The maximum Gasteiger partial charge on any atom is 0.231 e. The summed E-state index contributed by atoms with van der Waals surface area (Å²) in [6, 6.07) is 0.218. The molecule has 6 heteroatoms. The Labute approximate surface area is 230 Å². The minimum absolute atomic E-state index is 0.0371. The topological polar surface area (TPSA) is 67.9 Å². The summed E-state index contributed by atoms with van der Waals surface area (Å²) in [7, 11) is 3.42. The summed E-state index contributed by atoms with van der Waals surface area (Å²) < 4.78 is 13.4. The van der Waals surface area contributed by atoms with E-state index in [1.165, 1.54) is 49.8 Å². The maximum absolute atomic E-state index is 12.5. The lowest BCUT2D eigenvalue weighted by molar-refractivity contribution is -0.273. The molecule has 0 aromatic heterocycles. The van der Waals surface area contributed by atoms with Crippen LogP contribution in [0.2, 0.25) is 0 Å². The molecule has 2 aliphatic heterocycles. The molecule has 6 fully saturated rings. The van der Waals surface area contributed by atoms with Crippen molar-refractivity contribution in [3.63, 3.8) is 0 Å². The fourth-order valence-corrected chi connectivity index (χ4v) is 11.0. The van der Waals surface area contributed by atoms with Gasteiger partial charge in [-0.15, -0.1) is 0 Å². The van der Waals surface area contributed by atoms with Crippen LogP contribution >= 0.6 is 0 Å². The highest BCUT2D eigenvalue weighted by Gasteiger charge is 2.69. The Balaban J connectivity index is 1.12. The van der Waals surface area contributed by atoms with E-state index < -0.39 is 0 Å². The normalized spacial score (nSPS) is 51.5. The van der Waals surface area contributed by atoms with Crippen LogP contribution in [-0.2, 0) is 19.1 Å². The summed E-state index contributed by atoms with van der Waals surface area (Å²) in [5, 5.41) is 3.22. The Kier molecular flexibility index (Phi) is 6.74. The number of hydrogen-bond acceptors (Lipinski definition) is 4. The molecular weight excluding hydrogens is 476 g/mol. The minimum Gasteiger partial charge on any atom is -0.353 e. The lowest BCUT2D eigenvalue weighted by Gasteiger charge is -2.61. The monoisotopic (exact) mass is 528 g/mol. The lowest BCUT2D eigenvalue weighted by Crippen LogP contribution is -2.56. The largest absolute Gasteiger partial charge is 0.353 e. The van der Waals surface area contributed by atoms with Crippen LogP contribution in [-0.4, -0.2) is 55.3 Å². The SMILES string of the molecule is C[C@@H]1CC[C@@]2(OC1)O[C@H]1C[C@H]3[C@@H]4CC[C@H]5C[C@H](NC(=O)CC(=O)N(C)C)CC[C@]5(C)[C@H]4CC[C@]3(C)[C@H]1[C@@H]2C. The Morgan fingerprint density at radius 1 is 0.921 bits per heavy atom. The molecule has 0 aromatic rings. The summed E-state index contributed by atoms with van der Waals surface area (Å²) in [6.45, 7) is 10.8. The number of hydrogen-bond donors (Lipinski definition) is 1. The molecule has 2 heterocycles. The minimum atomic E-state index is -0.323. The second-order valence-electron chi connectivity index (χ2n) is 15.2. The predicted molar refractivity (Wildman–Crippen MR) is 147 cm³/mol. The van der Waals surface area contributed by atoms with Crippen molar-refractivity contribution in [2.24, 2.45) is 52.3 Å². The van der Waals surface area contributed by atoms with Crippen LogP contribution < -0.4 is 5.32 Å². The molecule has 12 atom stereocenters. The Morgan fingerprint density at radius 2 is 1.68 bits per heavy atom. The van der Waals surface area contributed by atoms with Crippen LogP contribution in [0.1, 0.15) is 98.3 Å². The van der Waals surface area contributed by atoms with Gasteiger partial charge < -0.3 is 19.7 Å². The van der Waals surface area contributed by atoms with Crippen molar-refractivity contribution >= 4 is 11.8 Å². The Hall–Kier alpha value is -1.14. The lowest BCUT2D eigenvalue weighted by atomic mass is 9.44. The van der Waals surface area contributed by atoms with E-state index in [9.17, 15) is 9.59 Å². The maximum atomic E-state index is 12.5. The van der Waals surface area contributed by atoms with E-state index in [0.29, 0.717) is 40.6 Å². The van der Waals surface area contributed by atoms with Crippen LogP contribution in [0.3, 0.4) is 0 Å². The molecule has 2 saturated heterocycles. The van der Waals surface area contributed by atoms with Crippen molar-refractivity contribution in [2.45, 2.75) is 116 Å². The van der Waals surface area contributed by atoms with Crippen LogP contribution in [0, 0.1) is 52.3 Å². The van der Waals surface area contributed by atoms with Gasteiger partial charge in [0.25, 0.3) is 0 Å². The molecule has 6 nitrogen and oxygen atoms in total. The van der Waals surface area contributed by atoms with Crippen LogP contribution in [0.4, 0.5) is 0 Å². The molecule has 4 aliphatic carbocycles. The molecule has 1 spiro atoms. The number of amides is 2. The van der Waals surface area contributed by atoms with Crippen LogP contribution in [0.25, 0.3) is 0 Å². The molecule has 38 heavy (non-hydrogen) atoms. The quantitative estimate of drug-likeness (QED) is 0.499. The third-order valence-electron chi connectivity index (χ3n) is 13.1. The van der Waals surface area contributed by atoms with E-state index in [-0.39, 0.29) is 30.1 Å². The summed E-state index contributed by atoms with van der Waals surface area (Å²) in [5.74, 6) is 4.25. The van der Waals surface area contributed by atoms with Gasteiger partial charge in [0.15, 0.2) is 5.79 Å². The van der Waals surface area contributed by atoms with E-state index in [2.05, 4.69) is 33.0 Å². The first-order valence-electron chi connectivity index (χ1n) is 15.8. The second kappa shape index (κ2) is 9.46. The number of rotatable bonds is 3. The molecular formula is C32H52N2O4. The van der Waals surface area contributed by atoms with Gasteiger partial charge in [-0.1, -0.05) is 27.7 Å². The molecule has 6 rings (SSSR count). The molecule has 0 bridgehead atoms. The van der Waals surface area contributed by atoms with E-state index >= 15 is 0 Å². The van der Waals surface area contributed by atoms with E-state index in [1.54, 1.807) is 14.1 Å². The van der Waals surface area contributed by atoms with E-state index in [4.69, 9.17) is 9.47 Å². The highest BCUT2D eigenvalue weighted by atomic mass is 16.7. The number of ether oxygens (including phenoxy) is 2. The molecule has 4 saturated carbocycles. The first-order valence-corrected chi connectivity index (χ1v) is 15.8. The predicted octanol–water partition coefficient (Wildman–Crippen LogP) is 5.40. The molecule has 0 radical (unpaired) electrons. The Bertz CT molecular complexity index is 944. The van der Waals surface area contributed by atoms with E-state index in [1.807, 2.05) is 0 Å². The van der Waals surface area contributed by atoms with Crippen molar-refractivity contribution in [2.75, 3.05) is 20.7 Å². The number of nitrogens with zero attached hydrogens (tertiary/aromatic N) is 1. The highest BCUT2D eigenvalue weighted by molar-refractivity contribution is 5.96. The average Bonchev–Trinajstić information content (AvgIpc) is 3.31. The van der Waals surface area contributed by atoms with Gasteiger partial charge >= 0.3 is 0 Å². The smallest absolute Gasteiger partial charge is 0.231 e. The van der Waals surface area contributed by atoms with Crippen molar-refractivity contribution in [1.82, 2.24) is 10.2 Å². The molecule has 0 unspecified atom stereocenters. The molecule has 2 amide bonds. The fourth-order valence-electron chi connectivity index (χ4n) is 11.0. The van der Waals surface area contributed by atoms with Gasteiger partial charge in [0.1, 0.15) is 6.42 Å². The summed E-state index contributed by atoms with van der Waals surface area (Å²) in [4.78, 5) is 26.0. The van der Waals surface area contributed by atoms with Crippen molar-refractivity contribution < 1.29 is 19.1 Å². The molecule has 1 N–H and O–H groups in total. The fraction of sp³-hybridized carbons (Fsp3) is 0.938. The van der Waals surface area contributed by atoms with Crippen LogP contribution in [0.5, 0.6) is 0 Å². The van der Waals surface area contributed by atoms with Gasteiger partial charge in [0.2, 0.25) is 11.8 Å².